The van der Waals surface area contributed by atoms with Crippen molar-refractivity contribution in [3.05, 3.63) is 29.3 Å². The number of nitrogens with zero attached hydrogens (tertiary/aromatic N) is 1. The summed E-state index contributed by atoms with van der Waals surface area (Å²) in [7, 11) is 0. The predicted molar refractivity (Wildman–Crippen MR) is 123 cm³/mol. The maximum absolute atomic E-state index is 12.4. The molecule has 0 radical (unpaired) electrons. The van der Waals surface area contributed by atoms with Crippen LogP contribution in [0.4, 0.5) is 4.79 Å². The number of hydrogen-bond acceptors (Lipinski definition) is 3. The van der Waals surface area contributed by atoms with Crippen LogP contribution >= 0.6 is 23.2 Å². The van der Waals surface area contributed by atoms with E-state index >= 15 is 0 Å². The van der Waals surface area contributed by atoms with Crippen molar-refractivity contribution in [2.75, 3.05) is 24.8 Å². The van der Waals surface area contributed by atoms with E-state index < -0.39 is 6.09 Å². The summed E-state index contributed by atoms with van der Waals surface area (Å²) < 4.78 is 5.62. The molecule has 7 heteroatoms. The van der Waals surface area contributed by atoms with Crippen molar-refractivity contribution < 1.29 is 14.6 Å². The Morgan fingerprint density at radius 2 is 1.93 bits per heavy atom. The van der Waals surface area contributed by atoms with Gasteiger partial charge in [-0.3, -0.25) is 0 Å². The first-order valence-corrected chi connectivity index (χ1v) is 11.9. The number of amides is 1. The first kappa shape index (κ1) is 24.7. The number of carbonyl (C=O) groups is 1. The fourth-order valence-electron chi connectivity index (χ4n) is 6.26. The maximum atomic E-state index is 12.4. The van der Waals surface area contributed by atoms with Crippen LogP contribution in [0, 0.1) is 17.3 Å². The Bertz CT molecular complexity index is 758. The Morgan fingerprint density at radius 1 is 1.20 bits per heavy atom. The Kier molecular flexibility index (Phi) is 8.48. The van der Waals surface area contributed by atoms with Crippen LogP contribution in [0.15, 0.2) is 18.2 Å². The molecule has 4 nitrogen and oxygen atoms in total. The normalized spacial score (nSPS) is 31.7. The number of rotatable bonds is 5. The number of alkyl halides is 2. The average molecular weight is 464 g/mol. The van der Waals surface area contributed by atoms with Gasteiger partial charge < -0.3 is 14.7 Å². The van der Waals surface area contributed by atoms with Crippen molar-refractivity contribution in [2.45, 2.75) is 57.5 Å². The number of aryl methyl sites for hydroxylation is 1. The van der Waals surface area contributed by atoms with Gasteiger partial charge in [-0.2, -0.15) is 0 Å². The monoisotopic (exact) mass is 463 g/mol. The number of aliphatic hydroxyl groups excluding tert-OH is 1. The molecule has 1 aromatic rings. The zero-order valence-corrected chi connectivity index (χ0v) is 18.6. The molecule has 2 saturated carbocycles. The third-order valence-corrected chi connectivity index (χ3v) is 8.16. The number of halogens is 2. The first-order valence-electron chi connectivity index (χ1n) is 10.9. The molecule has 1 N–H and O–H groups in total. The van der Waals surface area contributed by atoms with E-state index in [0.717, 1.165) is 38.5 Å². The van der Waals surface area contributed by atoms with Crippen molar-refractivity contribution in [1.82, 2.24) is 4.90 Å². The van der Waals surface area contributed by atoms with Crippen molar-refractivity contribution in [2.24, 2.45) is 17.3 Å². The molecular formula is C23H32Cl2NNaO3. The van der Waals surface area contributed by atoms with E-state index in [0.29, 0.717) is 48.4 Å². The van der Waals surface area contributed by atoms with Crippen LogP contribution in [0.2, 0.25) is 0 Å². The molecule has 0 spiro atoms. The molecule has 0 aliphatic heterocycles. The molecule has 3 aliphatic carbocycles. The van der Waals surface area contributed by atoms with E-state index in [1.807, 2.05) is 12.1 Å². The fourth-order valence-corrected chi connectivity index (χ4v) is 6.67. The standard InChI is InChI=1S/C23H31Cl2NO3.Na.H/c1-23-9-8-18-17-5-3-16(29-22(28)26(12-10-24)13-11-25)14-15(17)2-4-19(18)20(23)6-7-21(23)27;;/h3,5,14,18-21,27H,2,4,6-13H2,1H3;;/t18-,19-,20+,21+,23+;;/m1../s1. The predicted octanol–water partition coefficient (Wildman–Crippen LogP) is 4.53. The summed E-state index contributed by atoms with van der Waals surface area (Å²) in [6.45, 7) is 3.15. The van der Waals surface area contributed by atoms with E-state index in [-0.39, 0.29) is 41.1 Å². The van der Waals surface area contributed by atoms with Gasteiger partial charge in [0.05, 0.1) is 6.10 Å². The molecule has 1 amide bonds. The number of carbonyl (C=O) groups excluding carboxylic acids is 1. The van der Waals surface area contributed by atoms with Crippen LogP contribution < -0.4 is 4.74 Å². The second-order valence-corrected chi connectivity index (χ2v) is 9.90. The van der Waals surface area contributed by atoms with Gasteiger partial charge in [0, 0.05) is 24.8 Å². The molecular weight excluding hydrogens is 432 g/mol. The van der Waals surface area contributed by atoms with Crippen LogP contribution in [0.3, 0.4) is 0 Å². The number of aliphatic hydroxyl groups is 1. The molecule has 2 fully saturated rings. The average Bonchev–Trinajstić information content (AvgIpc) is 3.02. The van der Waals surface area contributed by atoms with E-state index in [4.69, 9.17) is 27.9 Å². The Morgan fingerprint density at radius 3 is 2.63 bits per heavy atom. The number of hydrogen-bond donors (Lipinski definition) is 1. The summed E-state index contributed by atoms with van der Waals surface area (Å²) in [5, 5.41) is 10.5. The second-order valence-electron chi connectivity index (χ2n) is 9.15. The summed E-state index contributed by atoms with van der Waals surface area (Å²) >= 11 is 11.6. The molecule has 0 unspecified atom stereocenters. The summed E-state index contributed by atoms with van der Waals surface area (Å²) in [6.07, 6.45) is 5.98. The van der Waals surface area contributed by atoms with E-state index in [1.54, 1.807) is 4.90 Å². The van der Waals surface area contributed by atoms with E-state index in [9.17, 15) is 9.90 Å². The minimum absolute atomic E-state index is 0. The minimum atomic E-state index is -0.395. The van der Waals surface area contributed by atoms with Crippen LogP contribution in [-0.2, 0) is 6.42 Å². The first-order chi connectivity index (χ1) is 14.0. The molecule has 1 aromatic carbocycles. The van der Waals surface area contributed by atoms with Crippen LogP contribution in [0.1, 0.15) is 56.1 Å². The van der Waals surface area contributed by atoms with Gasteiger partial charge in [-0.25, -0.2) is 4.79 Å². The third kappa shape index (κ3) is 4.56. The van der Waals surface area contributed by atoms with E-state index in [1.165, 1.54) is 11.1 Å². The topological polar surface area (TPSA) is 49.8 Å². The molecule has 3 aliphatic rings. The molecule has 30 heavy (non-hydrogen) atoms. The van der Waals surface area contributed by atoms with Crippen LogP contribution in [0.5, 0.6) is 5.75 Å². The number of benzene rings is 1. The third-order valence-electron chi connectivity index (χ3n) is 7.82. The van der Waals surface area contributed by atoms with Crippen molar-refractivity contribution in [3.63, 3.8) is 0 Å². The molecule has 0 heterocycles. The van der Waals surface area contributed by atoms with Gasteiger partial charge >= 0.3 is 35.7 Å². The summed E-state index contributed by atoms with van der Waals surface area (Å²) in [5.74, 6) is 3.16. The van der Waals surface area contributed by atoms with Gasteiger partial charge in [0.2, 0.25) is 0 Å². The van der Waals surface area contributed by atoms with E-state index in [2.05, 4.69) is 13.0 Å². The van der Waals surface area contributed by atoms with Gasteiger partial charge in [0.25, 0.3) is 0 Å². The molecule has 5 atom stereocenters. The molecule has 162 valence electrons. The molecule has 0 bridgehead atoms. The van der Waals surface area contributed by atoms with Gasteiger partial charge in [0.15, 0.2) is 0 Å². The zero-order valence-electron chi connectivity index (χ0n) is 17.1. The van der Waals surface area contributed by atoms with Crippen molar-refractivity contribution in [3.8, 4) is 5.75 Å². The number of fused-ring (bicyclic) bond motifs is 5. The van der Waals surface area contributed by atoms with Gasteiger partial charge in [0.1, 0.15) is 5.75 Å². The Labute approximate surface area is 211 Å². The molecule has 4 rings (SSSR count). The van der Waals surface area contributed by atoms with Gasteiger partial charge in [-0.15, -0.1) is 23.2 Å². The Hall–Kier alpha value is 0.0300. The molecule has 0 saturated heterocycles. The van der Waals surface area contributed by atoms with Crippen molar-refractivity contribution >= 4 is 58.9 Å². The quantitative estimate of drug-likeness (QED) is 0.515. The second kappa shape index (κ2) is 10.3. The SMILES string of the molecule is C[C@]12CC[C@@H]3c4ccc(OC(=O)N(CCCl)CCCl)cc4CC[C@H]3[C@@H]1CC[C@@H]2O.[NaH]. The summed E-state index contributed by atoms with van der Waals surface area (Å²) in [6, 6.07) is 6.13. The number of ether oxygens (including phenoxy) is 1. The summed E-state index contributed by atoms with van der Waals surface area (Å²) in [5.41, 5.74) is 2.82. The van der Waals surface area contributed by atoms with Gasteiger partial charge in [-0.05, 0) is 85.0 Å². The van der Waals surface area contributed by atoms with Gasteiger partial charge in [-0.1, -0.05) is 13.0 Å². The summed E-state index contributed by atoms with van der Waals surface area (Å²) in [4.78, 5) is 14.0. The zero-order chi connectivity index (χ0) is 20.6. The Balaban J connectivity index is 0.00000256. The fraction of sp³-hybridized carbons (Fsp3) is 0.696. The van der Waals surface area contributed by atoms with Crippen LogP contribution in [-0.4, -0.2) is 76.6 Å². The molecule has 0 aromatic heterocycles. The van der Waals surface area contributed by atoms with Crippen LogP contribution in [0.25, 0.3) is 0 Å². The van der Waals surface area contributed by atoms with Crippen molar-refractivity contribution in [1.29, 1.82) is 0 Å².